The molecular weight excluding hydrogens is 408 g/mol. The van der Waals surface area contributed by atoms with E-state index in [1.165, 1.54) is 18.0 Å². The van der Waals surface area contributed by atoms with E-state index in [9.17, 15) is 13.6 Å². The Morgan fingerprint density at radius 3 is 2.75 bits per heavy atom. The summed E-state index contributed by atoms with van der Waals surface area (Å²) in [6.45, 7) is 4.00. The van der Waals surface area contributed by atoms with Crippen LogP contribution in [0.4, 0.5) is 14.5 Å². The van der Waals surface area contributed by atoms with Gasteiger partial charge in [0.1, 0.15) is 5.69 Å². The molecule has 5 nitrogen and oxygen atoms in total. The molecule has 0 atom stereocenters. The number of anilines is 1. The number of amides is 1. The Hall–Kier alpha value is -1.61. The first-order valence-electron chi connectivity index (χ1n) is 9.07. The average Bonchev–Trinajstić information content (AvgIpc) is 2.93. The van der Waals surface area contributed by atoms with E-state index in [0.717, 1.165) is 42.0 Å². The zero-order valence-corrected chi connectivity index (χ0v) is 16.9. The van der Waals surface area contributed by atoms with Crippen molar-refractivity contribution in [2.45, 2.75) is 43.2 Å². The Bertz CT molecular complexity index is 930. The van der Waals surface area contributed by atoms with Crippen molar-refractivity contribution in [1.82, 2.24) is 9.29 Å². The maximum absolute atomic E-state index is 13.5. The molecule has 0 saturated carbocycles. The number of rotatable bonds is 5. The molecule has 9 heteroatoms. The summed E-state index contributed by atoms with van der Waals surface area (Å²) in [4.78, 5) is 13.7. The second-order valence-electron chi connectivity index (χ2n) is 7.39. The van der Waals surface area contributed by atoms with Gasteiger partial charge in [-0.1, -0.05) is 11.6 Å². The minimum atomic E-state index is -1.02. The maximum atomic E-state index is 13.5. The number of nitrogens with one attached hydrogen (secondary N) is 2. The molecule has 0 spiro atoms. The van der Waals surface area contributed by atoms with Gasteiger partial charge >= 0.3 is 0 Å². The highest BCUT2D eigenvalue weighted by atomic mass is 35.5. The molecule has 2 aliphatic heterocycles. The molecule has 0 radical (unpaired) electrons. The number of carbonyl (C=O) groups excluding carboxylic acids is 1. The predicted octanol–water partition coefficient (Wildman–Crippen LogP) is 4.39. The van der Waals surface area contributed by atoms with Gasteiger partial charge in [-0.2, -0.15) is 0 Å². The molecule has 0 bridgehead atoms. The largest absolute Gasteiger partial charge is 0.377 e. The van der Waals surface area contributed by atoms with Crippen LogP contribution in [0.2, 0.25) is 5.02 Å². The molecule has 1 aromatic heterocycles. The number of benzene rings is 1. The van der Waals surface area contributed by atoms with Gasteiger partial charge in [-0.25, -0.2) is 13.5 Å². The molecule has 3 heterocycles. The van der Waals surface area contributed by atoms with Gasteiger partial charge in [-0.15, -0.1) is 0 Å². The molecule has 2 aromatic rings. The lowest BCUT2D eigenvalue weighted by Crippen LogP contribution is -2.55. The summed E-state index contributed by atoms with van der Waals surface area (Å²) >= 11 is 8.04. The molecule has 1 saturated heterocycles. The van der Waals surface area contributed by atoms with Gasteiger partial charge < -0.3 is 14.6 Å². The molecule has 2 N–H and O–H groups in total. The molecule has 1 amide bonds. The SMILES string of the molecule is CC1(NSc2c(Cl)c(C(=O)Nc3ccc(F)c(F)c3)n3c2CCCC3)COC1. The molecule has 28 heavy (non-hydrogen) atoms. The highest BCUT2D eigenvalue weighted by Crippen LogP contribution is 2.39. The Balaban J connectivity index is 1.62. The van der Waals surface area contributed by atoms with E-state index in [1.54, 1.807) is 0 Å². The van der Waals surface area contributed by atoms with Crippen molar-refractivity contribution in [2.75, 3.05) is 18.5 Å². The number of aromatic nitrogens is 1. The number of fused-ring (bicyclic) bond motifs is 1. The minimum Gasteiger partial charge on any atom is -0.377 e. The Kier molecular flexibility index (Phi) is 5.39. The van der Waals surface area contributed by atoms with Gasteiger partial charge in [0.15, 0.2) is 11.6 Å². The molecule has 0 aliphatic carbocycles. The van der Waals surface area contributed by atoms with Gasteiger partial charge in [0.25, 0.3) is 5.91 Å². The van der Waals surface area contributed by atoms with E-state index in [1.807, 2.05) is 4.57 Å². The van der Waals surface area contributed by atoms with Gasteiger partial charge in [-0.3, -0.25) is 4.79 Å². The summed E-state index contributed by atoms with van der Waals surface area (Å²) in [7, 11) is 0. The third kappa shape index (κ3) is 3.66. The van der Waals surface area contributed by atoms with E-state index >= 15 is 0 Å². The van der Waals surface area contributed by atoms with E-state index in [4.69, 9.17) is 16.3 Å². The van der Waals surface area contributed by atoms with Crippen molar-refractivity contribution in [2.24, 2.45) is 0 Å². The number of nitrogens with zero attached hydrogens (tertiary/aromatic N) is 1. The number of halogens is 3. The van der Waals surface area contributed by atoms with Gasteiger partial charge in [0.2, 0.25) is 0 Å². The van der Waals surface area contributed by atoms with Crippen LogP contribution in [0.15, 0.2) is 23.1 Å². The third-order valence-corrected chi connectivity index (χ3v) is 6.66. The normalized spacial score (nSPS) is 17.7. The number of hydrogen-bond acceptors (Lipinski definition) is 4. The van der Waals surface area contributed by atoms with Gasteiger partial charge in [0, 0.05) is 24.0 Å². The average molecular weight is 428 g/mol. The Morgan fingerprint density at radius 2 is 2.07 bits per heavy atom. The van der Waals surface area contributed by atoms with Crippen molar-refractivity contribution < 1.29 is 18.3 Å². The topological polar surface area (TPSA) is 55.3 Å². The smallest absolute Gasteiger partial charge is 0.273 e. The van der Waals surface area contributed by atoms with Crippen molar-refractivity contribution in [3.63, 3.8) is 0 Å². The highest BCUT2D eigenvalue weighted by molar-refractivity contribution is 7.97. The van der Waals surface area contributed by atoms with Crippen LogP contribution < -0.4 is 10.0 Å². The fourth-order valence-electron chi connectivity index (χ4n) is 3.40. The van der Waals surface area contributed by atoms with Crippen LogP contribution in [0, 0.1) is 11.6 Å². The molecule has 1 fully saturated rings. The van der Waals surface area contributed by atoms with Crippen molar-refractivity contribution in [3.05, 3.63) is 46.2 Å². The summed E-state index contributed by atoms with van der Waals surface area (Å²) < 4.78 is 37.2. The highest BCUT2D eigenvalue weighted by Gasteiger charge is 2.35. The predicted molar refractivity (Wildman–Crippen MR) is 105 cm³/mol. The number of hydrogen-bond donors (Lipinski definition) is 2. The fourth-order valence-corrected chi connectivity index (χ4v) is 4.79. The van der Waals surface area contributed by atoms with E-state index in [2.05, 4.69) is 17.0 Å². The summed E-state index contributed by atoms with van der Waals surface area (Å²) in [6, 6.07) is 3.25. The van der Waals surface area contributed by atoms with Crippen molar-refractivity contribution in [3.8, 4) is 0 Å². The van der Waals surface area contributed by atoms with Crippen LogP contribution in [-0.2, 0) is 17.7 Å². The molecule has 150 valence electrons. The second-order valence-corrected chi connectivity index (χ2v) is 8.58. The second kappa shape index (κ2) is 7.67. The van der Waals surface area contributed by atoms with E-state index < -0.39 is 17.5 Å². The lowest BCUT2D eigenvalue weighted by atomic mass is 10.0. The lowest BCUT2D eigenvalue weighted by Gasteiger charge is -2.38. The maximum Gasteiger partial charge on any atom is 0.273 e. The first-order valence-corrected chi connectivity index (χ1v) is 10.3. The third-order valence-electron chi connectivity index (χ3n) is 4.94. The van der Waals surface area contributed by atoms with E-state index in [-0.39, 0.29) is 11.2 Å². The lowest BCUT2D eigenvalue weighted by molar-refractivity contribution is -0.0510. The summed E-state index contributed by atoms with van der Waals surface area (Å²) in [5.41, 5.74) is 1.43. The fraction of sp³-hybridized carbons (Fsp3) is 0.421. The Labute approximate surface area is 170 Å². The Morgan fingerprint density at radius 1 is 1.29 bits per heavy atom. The first kappa shape index (κ1) is 19.7. The standard InChI is InChI=1S/C19H20ClF2N3O2S/c1-19(9-27-10-19)24-28-17-14-4-2-3-7-25(14)16(15(17)20)18(26)23-11-5-6-12(21)13(22)8-11/h5-6,8,24H,2-4,7,9-10H2,1H3,(H,23,26). The van der Waals surface area contributed by atoms with Crippen LogP contribution in [-0.4, -0.2) is 29.2 Å². The first-order chi connectivity index (χ1) is 13.4. The van der Waals surface area contributed by atoms with Crippen LogP contribution in [0.5, 0.6) is 0 Å². The number of ether oxygens (including phenoxy) is 1. The quantitative estimate of drug-likeness (QED) is 0.695. The summed E-state index contributed by atoms with van der Waals surface area (Å²) in [6.07, 6.45) is 2.81. The summed E-state index contributed by atoms with van der Waals surface area (Å²) in [5, 5.41) is 3.00. The van der Waals surface area contributed by atoms with Crippen molar-refractivity contribution >= 4 is 35.1 Å². The monoisotopic (exact) mass is 427 g/mol. The van der Waals surface area contributed by atoms with Gasteiger partial charge in [0.05, 0.1) is 28.7 Å². The van der Waals surface area contributed by atoms with Crippen molar-refractivity contribution in [1.29, 1.82) is 0 Å². The van der Waals surface area contributed by atoms with Crippen LogP contribution in [0.3, 0.4) is 0 Å². The zero-order chi connectivity index (χ0) is 19.9. The van der Waals surface area contributed by atoms with Crippen LogP contribution in [0.25, 0.3) is 0 Å². The van der Waals surface area contributed by atoms with Gasteiger partial charge in [-0.05, 0) is 50.3 Å². The van der Waals surface area contributed by atoms with Crippen LogP contribution in [0.1, 0.15) is 35.9 Å². The minimum absolute atomic E-state index is 0.120. The zero-order valence-electron chi connectivity index (χ0n) is 15.3. The van der Waals surface area contributed by atoms with Crippen LogP contribution >= 0.6 is 23.5 Å². The molecule has 4 rings (SSSR count). The molecule has 1 aromatic carbocycles. The molecule has 0 unspecified atom stereocenters. The number of carbonyl (C=O) groups is 1. The molecular formula is C19H20ClF2N3O2S. The molecule has 2 aliphatic rings. The summed E-state index contributed by atoms with van der Waals surface area (Å²) in [5.74, 6) is -2.42. The van der Waals surface area contributed by atoms with E-state index in [0.29, 0.717) is 30.5 Å².